The Morgan fingerprint density at radius 2 is 1.59 bits per heavy atom. The monoisotopic (exact) mass is 413 g/mol. The van der Waals surface area contributed by atoms with Gasteiger partial charge in [0, 0.05) is 38.4 Å². The van der Waals surface area contributed by atoms with Gasteiger partial charge in [-0.2, -0.15) is 4.31 Å². The minimum atomic E-state index is -3.49. The zero-order valence-corrected chi connectivity index (χ0v) is 17.7. The molecule has 1 amide bonds. The van der Waals surface area contributed by atoms with E-state index in [1.165, 1.54) is 9.87 Å². The van der Waals surface area contributed by atoms with Gasteiger partial charge in [-0.1, -0.05) is 35.9 Å². The molecule has 1 unspecified atom stereocenters. The fourth-order valence-electron chi connectivity index (χ4n) is 4.14. The van der Waals surface area contributed by atoms with Crippen molar-refractivity contribution in [3.05, 3.63) is 59.7 Å². The van der Waals surface area contributed by atoms with Crippen LogP contribution in [0.4, 0.5) is 5.69 Å². The minimum Gasteiger partial charge on any atom is -0.310 e. The molecule has 0 aromatic heterocycles. The number of piperazine rings is 1. The molecule has 2 aliphatic rings. The zero-order valence-electron chi connectivity index (χ0n) is 16.9. The normalized spacial score (nSPS) is 19.2. The van der Waals surface area contributed by atoms with Gasteiger partial charge < -0.3 is 4.90 Å². The Labute approximate surface area is 172 Å². The third-order valence-corrected chi connectivity index (χ3v) is 7.90. The van der Waals surface area contributed by atoms with Crippen LogP contribution >= 0.6 is 0 Å². The summed E-state index contributed by atoms with van der Waals surface area (Å²) in [4.78, 5) is 17.4. The third kappa shape index (κ3) is 3.82. The predicted molar refractivity (Wildman–Crippen MR) is 113 cm³/mol. The van der Waals surface area contributed by atoms with Crippen LogP contribution in [0, 0.1) is 6.92 Å². The fraction of sp³-hybridized carbons (Fsp3) is 0.409. The molecule has 0 bridgehead atoms. The number of para-hydroxylation sites is 1. The summed E-state index contributed by atoms with van der Waals surface area (Å²) in [5.74, 6) is 0.0878. The van der Waals surface area contributed by atoms with Crippen molar-refractivity contribution < 1.29 is 13.2 Å². The van der Waals surface area contributed by atoms with Crippen LogP contribution in [-0.2, 0) is 21.2 Å². The number of carbonyl (C=O) groups excluding carboxylic acids is 1. The quantitative estimate of drug-likeness (QED) is 0.772. The van der Waals surface area contributed by atoms with Gasteiger partial charge in [0.25, 0.3) is 0 Å². The van der Waals surface area contributed by atoms with Crippen molar-refractivity contribution in [2.24, 2.45) is 0 Å². The summed E-state index contributed by atoms with van der Waals surface area (Å²) in [6.07, 6.45) is 0.886. The second-order valence-corrected chi connectivity index (χ2v) is 9.74. The molecule has 2 aromatic rings. The van der Waals surface area contributed by atoms with Crippen molar-refractivity contribution in [2.75, 3.05) is 37.6 Å². The number of rotatable bonds is 4. The molecule has 0 spiro atoms. The average Bonchev–Trinajstić information content (AvgIpc) is 3.17. The van der Waals surface area contributed by atoms with Crippen LogP contribution < -0.4 is 4.90 Å². The zero-order chi connectivity index (χ0) is 20.6. The molecule has 2 heterocycles. The number of carbonyl (C=O) groups is 1. The van der Waals surface area contributed by atoms with Gasteiger partial charge in [0.05, 0.1) is 10.9 Å². The van der Waals surface area contributed by atoms with Crippen molar-refractivity contribution in [2.45, 2.75) is 31.2 Å². The SMILES string of the molecule is Cc1ccc(S(=O)(=O)N2CCN(C(C)C(=O)N3CCc4ccccc43)CC2)cc1. The van der Waals surface area contributed by atoms with Crippen molar-refractivity contribution in [1.29, 1.82) is 0 Å². The first-order valence-electron chi connectivity index (χ1n) is 10.1. The molecule has 0 saturated carbocycles. The lowest BCUT2D eigenvalue weighted by Crippen LogP contribution is -2.55. The van der Waals surface area contributed by atoms with Crippen LogP contribution in [0.1, 0.15) is 18.1 Å². The Balaban J connectivity index is 1.40. The molecule has 29 heavy (non-hydrogen) atoms. The van der Waals surface area contributed by atoms with Crippen LogP contribution in [0.25, 0.3) is 0 Å². The average molecular weight is 414 g/mol. The minimum absolute atomic E-state index is 0.0878. The first-order chi connectivity index (χ1) is 13.9. The summed E-state index contributed by atoms with van der Waals surface area (Å²) in [6, 6.07) is 14.7. The first kappa shape index (κ1) is 20.1. The first-order valence-corrected chi connectivity index (χ1v) is 11.5. The summed E-state index contributed by atoms with van der Waals surface area (Å²) in [5.41, 5.74) is 3.25. The molecule has 154 valence electrons. The predicted octanol–water partition coefficient (Wildman–Crippen LogP) is 2.28. The van der Waals surface area contributed by atoms with Gasteiger partial charge in [-0.3, -0.25) is 9.69 Å². The number of sulfonamides is 1. The van der Waals surface area contributed by atoms with E-state index >= 15 is 0 Å². The Bertz CT molecular complexity index is 996. The Hall–Kier alpha value is -2.22. The van der Waals surface area contributed by atoms with Crippen molar-refractivity contribution in [1.82, 2.24) is 9.21 Å². The third-order valence-electron chi connectivity index (χ3n) is 5.99. The van der Waals surface area contributed by atoms with E-state index < -0.39 is 10.0 Å². The lowest BCUT2D eigenvalue weighted by molar-refractivity contribution is -0.123. The largest absolute Gasteiger partial charge is 0.310 e. The summed E-state index contributed by atoms with van der Waals surface area (Å²) < 4.78 is 27.3. The number of benzene rings is 2. The van der Waals surface area contributed by atoms with E-state index in [-0.39, 0.29) is 11.9 Å². The highest BCUT2D eigenvalue weighted by atomic mass is 32.2. The molecule has 6 nitrogen and oxygen atoms in total. The number of fused-ring (bicyclic) bond motifs is 1. The Morgan fingerprint density at radius 3 is 2.28 bits per heavy atom. The summed E-state index contributed by atoms with van der Waals surface area (Å²) >= 11 is 0. The second kappa shape index (κ2) is 7.89. The van der Waals surface area contributed by atoms with Crippen molar-refractivity contribution in [3.8, 4) is 0 Å². The molecule has 0 radical (unpaired) electrons. The van der Waals surface area contributed by atoms with Gasteiger partial charge in [-0.05, 0) is 44.0 Å². The second-order valence-electron chi connectivity index (χ2n) is 7.80. The van der Waals surface area contributed by atoms with Crippen LogP contribution in [0.3, 0.4) is 0 Å². The van der Waals surface area contributed by atoms with Gasteiger partial charge in [-0.25, -0.2) is 8.42 Å². The highest BCUT2D eigenvalue weighted by Crippen LogP contribution is 2.29. The molecule has 4 rings (SSSR count). The summed E-state index contributed by atoms with van der Waals surface area (Å²) in [6.45, 7) is 6.46. The molecule has 0 aliphatic carbocycles. The fourth-order valence-corrected chi connectivity index (χ4v) is 5.56. The van der Waals surface area contributed by atoms with Crippen LogP contribution in [0.2, 0.25) is 0 Å². The molecule has 2 aliphatic heterocycles. The van der Waals surface area contributed by atoms with Crippen LogP contribution in [0.5, 0.6) is 0 Å². The molecule has 1 fully saturated rings. The number of hydrogen-bond acceptors (Lipinski definition) is 4. The topological polar surface area (TPSA) is 60.9 Å². The maximum atomic E-state index is 13.1. The number of hydrogen-bond donors (Lipinski definition) is 0. The van der Waals surface area contributed by atoms with Gasteiger partial charge >= 0.3 is 0 Å². The van der Waals surface area contributed by atoms with Gasteiger partial charge in [-0.15, -0.1) is 0 Å². The number of anilines is 1. The van der Waals surface area contributed by atoms with E-state index in [9.17, 15) is 13.2 Å². The number of aryl methyl sites for hydroxylation is 1. The van der Waals surface area contributed by atoms with E-state index in [0.717, 1.165) is 17.7 Å². The van der Waals surface area contributed by atoms with Crippen molar-refractivity contribution in [3.63, 3.8) is 0 Å². The van der Waals surface area contributed by atoms with E-state index in [1.54, 1.807) is 12.1 Å². The van der Waals surface area contributed by atoms with Crippen LogP contribution in [0.15, 0.2) is 53.4 Å². The van der Waals surface area contributed by atoms with E-state index in [1.807, 2.05) is 49.1 Å². The maximum Gasteiger partial charge on any atom is 0.244 e. The highest BCUT2D eigenvalue weighted by Gasteiger charge is 2.34. The molecular weight excluding hydrogens is 386 g/mol. The Morgan fingerprint density at radius 1 is 0.931 bits per heavy atom. The molecule has 2 aromatic carbocycles. The van der Waals surface area contributed by atoms with E-state index in [2.05, 4.69) is 11.0 Å². The highest BCUT2D eigenvalue weighted by molar-refractivity contribution is 7.89. The van der Waals surface area contributed by atoms with E-state index in [4.69, 9.17) is 0 Å². The summed E-state index contributed by atoms with van der Waals surface area (Å²) in [7, 11) is -3.49. The Kier molecular flexibility index (Phi) is 5.46. The van der Waals surface area contributed by atoms with Gasteiger partial charge in [0.15, 0.2) is 0 Å². The molecule has 0 N–H and O–H groups in total. The maximum absolute atomic E-state index is 13.1. The number of nitrogens with zero attached hydrogens (tertiary/aromatic N) is 3. The number of amides is 1. The molecule has 1 saturated heterocycles. The molecular formula is C22H27N3O3S. The van der Waals surface area contributed by atoms with Gasteiger partial charge in [0.1, 0.15) is 0 Å². The smallest absolute Gasteiger partial charge is 0.244 e. The van der Waals surface area contributed by atoms with Crippen LogP contribution in [-0.4, -0.2) is 62.3 Å². The van der Waals surface area contributed by atoms with Gasteiger partial charge in [0.2, 0.25) is 15.9 Å². The molecule has 7 heteroatoms. The summed E-state index contributed by atoms with van der Waals surface area (Å²) in [5, 5.41) is 0. The van der Waals surface area contributed by atoms with E-state index in [0.29, 0.717) is 37.6 Å². The lowest BCUT2D eigenvalue weighted by Gasteiger charge is -2.38. The molecule has 1 atom stereocenters. The van der Waals surface area contributed by atoms with Crippen molar-refractivity contribution >= 4 is 21.6 Å². The standard InChI is InChI=1S/C22H27N3O3S/c1-17-7-9-20(10-8-17)29(27,28)24-15-13-23(14-16-24)18(2)22(26)25-12-11-19-5-3-4-6-21(19)25/h3-10,18H,11-16H2,1-2H3. The lowest BCUT2D eigenvalue weighted by atomic mass is 10.1.